The summed E-state index contributed by atoms with van der Waals surface area (Å²) in [6.45, 7) is 0. The average Bonchev–Trinajstić information content (AvgIpc) is 3.26. The number of aryl methyl sites for hydroxylation is 2. The molecule has 0 saturated heterocycles. The molecule has 0 fully saturated rings. The number of nitrogens with zero attached hydrogens (tertiary/aromatic N) is 2. The molecule has 0 aliphatic carbocycles. The number of oxazole rings is 1. The monoisotopic (exact) mass is 379 g/mol. The Morgan fingerprint density at radius 2 is 2.04 bits per heavy atom. The number of amides is 1. The number of benzene rings is 2. The van der Waals surface area contributed by atoms with Gasteiger partial charge in [0.2, 0.25) is 5.91 Å². The van der Waals surface area contributed by atoms with E-state index in [9.17, 15) is 9.59 Å². The maximum absolute atomic E-state index is 12.3. The Labute approximate surface area is 159 Å². The highest BCUT2D eigenvalue weighted by Crippen LogP contribution is 2.24. The topological polar surface area (TPSA) is 77.1 Å². The Kier molecular flexibility index (Phi) is 4.60. The Morgan fingerprint density at radius 1 is 1.22 bits per heavy atom. The van der Waals surface area contributed by atoms with Crippen LogP contribution in [0, 0.1) is 0 Å². The van der Waals surface area contributed by atoms with Crippen molar-refractivity contribution in [1.82, 2.24) is 9.55 Å². The van der Waals surface area contributed by atoms with E-state index in [1.165, 1.54) is 4.57 Å². The van der Waals surface area contributed by atoms with Crippen molar-refractivity contribution in [2.75, 3.05) is 5.32 Å². The van der Waals surface area contributed by atoms with Crippen molar-refractivity contribution in [2.45, 2.75) is 12.8 Å². The van der Waals surface area contributed by atoms with Crippen molar-refractivity contribution < 1.29 is 9.21 Å². The smallest absolute Gasteiger partial charge is 0.408 e. The van der Waals surface area contributed by atoms with Gasteiger partial charge in [-0.25, -0.2) is 9.78 Å². The minimum absolute atomic E-state index is 0.0999. The van der Waals surface area contributed by atoms with Crippen molar-refractivity contribution in [3.05, 3.63) is 70.2 Å². The molecule has 1 N–H and O–H groups in total. The second kappa shape index (κ2) is 7.20. The van der Waals surface area contributed by atoms with Gasteiger partial charge in [0.1, 0.15) is 5.01 Å². The number of nitrogens with one attached hydrogen (secondary N) is 1. The predicted octanol–water partition coefficient (Wildman–Crippen LogP) is 3.83. The summed E-state index contributed by atoms with van der Waals surface area (Å²) >= 11 is 1.58. The molecule has 2 heterocycles. The zero-order chi connectivity index (χ0) is 18.8. The minimum Gasteiger partial charge on any atom is -0.408 e. The first kappa shape index (κ1) is 17.2. The van der Waals surface area contributed by atoms with Crippen LogP contribution in [0.5, 0.6) is 0 Å². The minimum atomic E-state index is -0.425. The predicted molar refractivity (Wildman–Crippen MR) is 106 cm³/mol. The van der Waals surface area contributed by atoms with Crippen molar-refractivity contribution >= 4 is 34.0 Å². The number of fused-ring (bicyclic) bond motifs is 1. The van der Waals surface area contributed by atoms with E-state index in [1.54, 1.807) is 36.6 Å². The summed E-state index contributed by atoms with van der Waals surface area (Å²) in [6, 6.07) is 15.1. The molecule has 2 aromatic carbocycles. The van der Waals surface area contributed by atoms with E-state index < -0.39 is 5.76 Å². The first-order valence-electron chi connectivity index (χ1n) is 8.49. The lowest BCUT2D eigenvalue weighted by atomic mass is 10.2. The van der Waals surface area contributed by atoms with Crippen LogP contribution < -0.4 is 11.1 Å². The highest BCUT2D eigenvalue weighted by atomic mass is 32.1. The van der Waals surface area contributed by atoms with Crippen LogP contribution in [0.3, 0.4) is 0 Å². The highest BCUT2D eigenvalue weighted by molar-refractivity contribution is 7.13. The summed E-state index contributed by atoms with van der Waals surface area (Å²) in [5.74, 6) is -0.525. The van der Waals surface area contributed by atoms with Crippen LogP contribution in [0.15, 0.2) is 63.1 Å². The third-order valence-electron chi connectivity index (χ3n) is 4.26. The molecule has 0 aliphatic rings. The molecule has 1 amide bonds. The van der Waals surface area contributed by atoms with E-state index in [0.717, 1.165) is 16.3 Å². The van der Waals surface area contributed by atoms with Gasteiger partial charge in [-0.05, 0) is 24.6 Å². The summed E-state index contributed by atoms with van der Waals surface area (Å²) < 4.78 is 6.50. The molecule has 0 spiro atoms. The van der Waals surface area contributed by atoms with Crippen molar-refractivity contribution in [2.24, 2.45) is 7.05 Å². The van der Waals surface area contributed by atoms with Crippen LogP contribution >= 0.6 is 11.3 Å². The second-order valence-electron chi connectivity index (χ2n) is 6.17. The summed E-state index contributed by atoms with van der Waals surface area (Å²) in [5, 5.41) is 5.80. The van der Waals surface area contributed by atoms with Gasteiger partial charge < -0.3 is 9.73 Å². The lowest BCUT2D eigenvalue weighted by molar-refractivity contribution is -0.116. The van der Waals surface area contributed by atoms with Gasteiger partial charge in [-0.15, -0.1) is 11.3 Å². The fourth-order valence-electron chi connectivity index (χ4n) is 2.80. The van der Waals surface area contributed by atoms with Crippen LogP contribution in [-0.2, 0) is 18.3 Å². The van der Waals surface area contributed by atoms with Gasteiger partial charge in [-0.1, -0.05) is 30.3 Å². The number of hydrogen-bond donors (Lipinski definition) is 1. The average molecular weight is 379 g/mol. The number of thiazole rings is 1. The summed E-state index contributed by atoms with van der Waals surface area (Å²) in [7, 11) is 1.63. The zero-order valence-corrected chi connectivity index (χ0v) is 15.5. The fourth-order valence-corrected chi connectivity index (χ4v) is 3.66. The molecule has 136 valence electrons. The molecule has 7 heteroatoms. The van der Waals surface area contributed by atoms with Crippen molar-refractivity contribution in [3.8, 4) is 10.6 Å². The van der Waals surface area contributed by atoms with Crippen LogP contribution in [0.2, 0.25) is 0 Å². The lowest BCUT2D eigenvalue weighted by Crippen LogP contribution is -2.12. The number of aromatic nitrogens is 2. The number of hydrogen-bond acceptors (Lipinski definition) is 5. The van der Waals surface area contributed by atoms with E-state index in [1.807, 2.05) is 35.7 Å². The van der Waals surface area contributed by atoms with Gasteiger partial charge in [0.05, 0.1) is 11.2 Å². The molecule has 2 aromatic heterocycles. The molecule has 0 aliphatic heterocycles. The van der Waals surface area contributed by atoms with Crippen LogP contribution in [0.4, 0.5) is 5.69 Å². The summed E-state index contributed by atoms with van der Waals surface area (Å²) in [4.78, 5) is 28.4. The van der Waals surface area contributed by atoms with Crippen LogP contribution in [0.25, 0.3) is 21.7 Å². The molecule has 0 unspecified atom stereocenters. The molecule has 4 rings (SSSR count). The van der Waals surface area contributed by atoms with Gasteiger partial charge in [0.25, 0.3) is 0 Å². The number of carbonyl (C=O) groups is 1. The fraction of sp³-hybridized carbons (Fsp3) is 0.150. The first-order valence-corrected chi connectivity index (χ1v) is 9.37. The largest absolute Gasteiger partial charge is 0.419 e. The van der Waals surface area contributed by atoms with E-state index in [2.05, 4.69) is 10.3 Å². The van der Waals surface area contributed by atoms with Crippen LogP contribution in [-0.4, -0.2) is 15.5 Å². The maximum atomic E-state index is 12.3. The highest BCUT2D eigenvalue weighted by Gasteiger charge is 2.10. The molecule has 0 radical (unpaired) electrons. The molecule has 0 atom stereocenters. The van der Waals surface area contributed by atoms with E-state index in [-0.39, 0.29) is 5.91 Å². The zero-order valence-electron chi connectivity index (χ0n) is 14.6. The number of carbonyl (C=O) groups excluding carboxylic acids is 1. The molecule has 6 nitrogen and oxygen atoms in total. The Hall–Kier alpha value is -3.19. The number of rotatable bonds is 5. The lowest BCUT2D eigenvalue weighted by Gasteiger charge is -2.04. The van der Waals surface area contributed by atoms with Gasteiger partial charge in [0, 0.05) is 30.1 Å². The van der Waals surface area contributed by atoms with Crippen LogP contribution in [0.1, 0.15) is 12.1 Å². The SMILES string of the molecule is Cn1c(=O)oc2ccc(NC(=O)CCc3csc(-c4ccccc4)n3)cc21. The van der Waals surface area contributed by atoms with E-state index in [4.69, 9.17) is 4.42 Å². The van der Waals surface area contributed by atoms with Gasteiger partial charge in [-0.2, -0.15) is 0 Å². The Bertz CT molecular complexity index is 1160. The maximum Gasteiger partial charge on any atom is 0.419 e. The first-order chi connectivity index (χ1) is 13.1. The second-order valence-corrected chi connectivity index (χ2v) is 7.03. The molecular formula is C20H17N3O3S. The van der Waals surface area contributed by atoms with E-state index >= 15 is 0 Å². The Morgan fingerprint density at radius 3 is 2.85 bits per heavy atom. The molecule has 0 bridgehead atoms. The quantitative estimate of drug-likeness (QED) is 0.572. The van der Waals surface area contributed by atoms with Crippen molar-refractivity contribution in [1.29, 1.82) is 0 Å². The molecule has 4 aromatic rings. The third-order valence-corrected chi connectivity index (χ3v) is 5.20. The van der Waals surface area contributed by atoms with Crippen molar-refractivity contribution in [3.63, 3.8) is 0 Å². The number of anilines is 1. The third kappa shape index (κ3) is 3.68. The van der Waals surface area contributed by atoms with Gasteiger partial charge in [0.15, 0.2) is 5.58 Å². The van der Waals surface area contributed by atoms with E-state index in [0.29, 0.717) is 29.6 Å². The molecular weight excluding hydrogens is 362 g/mol. The van der Waals surface area contributed by atoms with Gasteiger partial charge >= 0.3 is 5.76 Å². The summed E-state index contributed by atoms with van der Waals surface area (Å²) in [6.07, 6.45) is 0.905. The van der Waals surface area contributed by atoms with Gasteiger partial charge in [-0.3, -0.25) is 9.36 Å². The standard InChI is InChI=1S/C20H17N3O3S/c1-23-16-11-14(7-9-17(16)26-20(23)25)21-18(24)10-8-15-12-27-19(22-15)13-5-3-2-4-6-13/h2-7,9,11-12H,8,10H2,1H3,(H,21,24). The summed E-state index contributed by atoms with van der Waals surface area (Å²) in [5.41, 5.74) is 3.76. The molecule has 0 saturated carbocycles. The Balaban J connectivity index is 1.39. The molecule has 27 heavy (non-hydrogen) atoms. The normalized spacial score (nSPS) is 11.0.